The summed E-state index contributed by atoms with van der Waals surface area (Å²) in [6.45, 7) is 4.97. The Hall–Kier alpha value is -1.20. The average molecular weight is 236 g/mol. The van der Waals surface area contributed by atoms with Crippen molar-refractivity contribution in [2.75, 3.05) is 0 Å². The van der Waals surface area contributed by atoms with Crippen LogP contribution in [0, 0.1) is 6.92 Å². The van der Waals surface area contributed by atoms with Gasteiger partial charge in [-0.05, 0) is 13.8 Å². The normalized spacial score (nSPS) is 12.9. The molecule has 1 unspecified atom stereocenters. The first-order valence-electron chi connectivity index (χ1n) is 5.28. The van der Waals surface area contributed by atoms with Crippen LogP contribution in [-0.4, -0.2) is 14.8 Å². The fraction of sp³-hybridized carbons (Fsp3) is 0.455. The molecule has 0 aliphatic rings. The highest BCUT2D eigenvalue weighted by Gasteiger charge is 2.07. The maximum atomic E-state index is 4.42. The number of thiazole rings is 1. The predicted molar refractivity (Wildman–Crippen MR) is 65.3 cm³/mol. The summed E-state index contributed by atoms with van der Waals surface area (Å²) < 4.78 is 1.82. The Morgan fingerprint density at radius 3 is 2.94 bits per heavy atom. The zero-order valence-electron chi connectivity index (χ0n) is 9.77. The van der Waals surface area contributed by atoms with Crippen LogP contribution in [-0.2, 0) is 13.6 Å². The van der Waals surface area contributed by atoms with E-state index in [1.807, 2.05) is 31.0 Å². The lowest BCUT2D eigenvalue weighted by molar-refractivity contribution is 0.568. The zero-order valence-corrected chi connectivity index (χ0v) is 10.6. The first-order chi connectivity index (χ1) is 7.65. The smallest absolute Gasteiger partial charge is 0.0897 e. The maximum Gasteiger partial charge on any atom is 0.0897 e. The Morgan fingerprint density at radius 2 is 2.38 bits per heavy atom. The van der Waals surface area contributed by atoms with Crippen molar-refractivity contribution in [1.82, 2.24) is 20.1 Å². The van der Waals surface area contributed by atoms with Crippen LogP contribution in [0.4, 0.5) is 0 Å². The molecule has 0 radical (unpaired) electrons. The van der Waals surface area contributed by atoms with Crippen LogP contribution in [0.1, 0.15) is 29.2 Å². The molecule has 0 fully saturated rings. The Kier molecular flexibility index (Phi) is 3.36. The molecular formula is C11H16N4S. The van der Waals surface area contributed by atoms with Gasteiger partial charge in [-0.3, -0.25) is 4.68 Å². The third-order valence-electron chi connectivity index (χ3n) is 2.48. The lowest BCUT2D eigenvalue weighted by Crippen LogP contribution is -2.17. The molecule has 0 amide bonds. The van der Waals surface area contributed by atoms with Crippen LogP contribution in [0.25, 0.3) is 0 Å². The van der Waals surface area contributed by atoms with Gasteiger partial charge in [-0.25, -0.2) is 4.98 Å². The molecule has 0 aliphatic carbocycles. The van der Waals surface area contributed by atoms with Gasteiger partial charge in [0.15, 0.2) is 0 Å². The van der Waals surface area contributed by atoms with E-state index in [2.05, 4.69) is 27.7 Å². The fourth-order valence-electron chi connectivity index (χ4n) is 1.53. The standard InChI is InChI=1S/C11H16N4S/c1-8(10-4-13-15(3)6-10)12-5-11-7-16-9(2)14-11/h4,6-8,12H,5H2,1-3H3. The summed E-state index contributed by atoms with van der Waals surface area (Å²) in [6, 6.07) is 0.302. The van der Waals surface area contributed by atoms with Gasteiger partial charge in [0.25, 0.3) is 0 Å². The molecule has 2 aromatic rings. The molecule has 1 N–H and O–H groups in total. The van der Waals surface area contributed by atoms with Gasteiger partial charge in [-0.15, -0.1) is 11.3 Å². The van der Waals surface area contributed by atoms with Crippen molar-refractivity contribution in [3.05, 3.63) is 34.0 Å². The minimum absolute atomic E-state index is 0.302. The minimum Gasteiger partial charge on any atom is -0.304 e. The summed E-state index contributed by atoms with van der Waals surface area (Å²) in [7, 11) is 1.93. The Labute approximate surface area is 99.3 Å². The number of aromatic nitrogens is 3. The maximum absolute atomic E-state index is 4.42. The van der Waals surface area contributed by atoms with Gasteiger partial charge in [0.2, 0.25) is 0 Å². The molecule has 86 valence electrons. The molecule has 1 atom stereocenters. The quantitative estimate of drug-likeness (QED) is 0.883. The summed E-state index contributed by atoms with van der Waals surface area (Å²) in [5, 5.41) is 10.8. The van der Waals surface area contributed by atoms with E-state index in [0.29, 0.717) is 6.04 Å². The summed E-state index contributed by atoms with van der Waals surface area (Å²) in [5.41, 5.74) is 2.31. The van der Waals surface area contributed by atoms with Crippen molar-refractivity contribution in [3.63, 3.8) is 0 Å². The fourth-order valence-corrected chi connectivity index (χ4v) is 2.14. The van der Waals surface area contributed by atoms with Gasteiger partial charge in [-0.1, -0.05) is 0 Å². The Morgan fingerprint density at radius 1 is 1.56 bits per heavy atom. The lowest BCUT2D eigenvalue weighted by Gasteiger charge is -2.10. The summed E-state index contributed by atoms with van der Waals surface area (Å²) in [4.78, 5) is 4.42. The topological polar surface area (TPSA) is 42.7 Å². The number of hydrogen-bond donors (Lipinski definition) is 1. The second-order valence-electron chi connectivity index (χ2n) is 3.91. The third kappa shape index (κ3) is 2.68. The largest absolute Gasteiger partial charge is 0.304 e. The van der Waals surface area contributed by atoms with Gasteiger partial charge < -0.3 is 5.32 Å². The summed E-state index contributed by atoms with van der Waals surface area (Å²) in [5.74, 6) is 0. The minimum atomic E-state index is 0.302. The molecular weight excluding hydrogens is 220 g/mol. The highest BCUT2D eigenvalue weighted by molar-refractivity contribution is 7.09. The van der Waals surface area contributed by atoms with Gasteiger partial charge in [-0.2, -0.15) is 5.10 Å². The third-order valence-corrected chi connectivity index (χ3v) is 3.30. The van der Waals surface area contributed by atoms with Gasteiger partial charge in [0.05, 0.1) is 16.9 Å². The molecule has 0 saturated carbocycles. The van der Waals surface area contributed by atoms with E-state index in [1.165, 1.54) is 5.56 Å². The van der Waals surface area contributed by atoms with Crippen molar-refractivity contribution in [2.24, 2.45) is 7.05 Å². The van der Waals surface area contributed by atoms with Crippen LogP contribution >= 0.6 is 11.3 Å². The average Bonchev–Trinajstić information content (AvgIpc) is 2.84. The molecule has 2 heterocycles. The van der Waals surface area contributed by atoms with Crippen molar-refractivity contribution < 1.29 is 0 Å². The van der Waals surface area contributed by atoms with E-state index in [0.717, 1.165) is 17.2 Å². The highest BCUT2D eigenvalue weighted by Crippen LogP contribution is 2.12. The molecule has 2 rings (SSSR count). The van der Waals surface area contributed by atoms with Gasteiger partial charge in [0, 0.05) is 36.8 Å². The SMILES string of the molecule is Cc1nc(CNC(C)c2cnn(C)c2)cs1. The number of nitrogens with zero attached hydrogens (tertiary/aromatic N) is 3. The molecule has 5 heteroatoms. The molecule has 0 aliphatic heterocycles. The second kappa shape index (κ2) is 4.76. The van der Waals surface area contributed by atoms with E-state index in [9.17, 15) is 0 Å². The van der Waals surface area contributed by atoms with Crippen LogP contribution < -0.4 is 5.32 Å². The van der Waals surface area contributed by atoms with E-state index in [4.69, 9.17) is 0 Å². The predicted octanol–water partition coefficient (Wildman–Crippen LogP) is 2.04. The van der Waals surface area contributed by atoms with Crippen molar-refractivity contribution in [1.29, 1.82) is 0 Å². The molecule has 2 aromatic heterocycles. The van der Waals surface area contributed by atoms with Crippen molar-refractivity contribution >= 4 is 11.3 Å². The number of rotatable bonds is 4. The summed E-state index contributed by atoms with van der Waals surface area (Å²) in [6.07, 6.45) is 3.92. The van der Waals surface area contributed by atoms with Gasteiger partial charge >= 0.3 is 0 Å². The van der Waals surface area contributed by atoms with Crippen LogP contribution in [0.5, 0.6) is 0 Å². The van der Waals surface area contributed by atoms with E-state index >= 15 is 0 Å². The van der Waals surface area contributed by atoms with Crippen molar-refractivity contribution in [2.45, 2.75) is 26.4 Å². The first kappa shape index (κ1) is 11.3. The number of nitrogens with one attached hydrogen (secondary N) is 1. The van der Waals surface area contributed by atoms with Gasteiger partial charge in [0.1, 0.15) is 0 Å². The Balaban J connectivity index is 1.91. The monoisotopic (exact) mass is 236 g/mol. The molecule has 0 spiro atoms. The van der Waals surface area contributed by atoms with E-state index in [-0.39, 0.29) is 0 Å². The summed E-state index contributed by atoms with van der Waals surface area (Å²) >= 11 is 1.69. The van der Waals surface area contributed by atoms with Crippen LogP contribution in [0.3, 0.4) is 0 Å². The molecule has 0 saturated heterocycles. The zero-order chi connectivity index (χ0) is 11.5. The number of hydrogen-bond acceptors (Lipinski definition) is 4. The van der Waals surface area contributed by atoms with E-state index in [1.54, 1.807) is 11.3 Å². The molecule has 4 nitrogen and oxygen atoms in total. The highest BCUT2D eigenvalue weighted by atomic mass is 32.1. The van der Waals surface area contributed by atoms with Crippen molar-refractivity contribution in [3.8, 4) is 0 Å². The van der Waals surface area contributed by atoms with E-state index < -0.39 is 0 Å². The molecule has 16 heavy (non-hydrogen) atoms. The number of aryl methyl sites for hydroxylation is 2. The first-order valence-corrected chi connectivity index (χ1v) is 6.16. The second-order valence-corrected chi connectivity index (χ2v) is 4.97. The van der Waals surface area contributed by atoms with Crippen LogP contribution in [0.15, 0.2) is 17.8 Å². The lowest BCUT2D eigenvalue weighted by atomic mass is 10.2. The molecule has 0 bridgehead atoms. The van der Waals surface area contributed by atoms with Crippen LogP contribution in [0.2, 0.25) is 0 Å². The Bertz CT molecular complexity index is 460. The molecule has 0 aromatic carbocycles.